The van der Waals surface area contributed by atoms with E-state index in [-0.39, 0.29) is 11.9 Å². The minimum atomic E-state index is -0.269. The van der Waals surface area contributed by atoms with Crippen LogP contribution in [0.5, 0.6) is 0 Å². The Morgan fingerprint density at radius 1 is 1.23 bits per heavy atom. The van der Waals surface area contributed by atoms with Gasteiger partial charge in [-0.1, -0.05) is 24.3 Å². The molecule has 0 radical (unpaired) electrons. The molecule has 0 spiro atoms. The fourth-order valence-corrected chi connectivity index (χ4v) is 2.41. The lowest BCUT2D eigenvalue weighted by molar-refractivity contribution is -0.117. The van der Waals surface area contributed by atoms with Crippen LogP contribution in [0, 0.1) is 6.92 Å². The molecule has 2 aromatic rings. The maximum absolute atomic E-state index is 12.5. The Hall–Kier alpha value is -2.49. The van der Waals surface area contributed by atoms with E-state index >= 15 is 0 Å². The standard InChI is InChI=1S/C18H23N3O/c1-4-21(16-8-6-5-7-9-16)14(3)18(22)20-15-11-10-13(2)17(19)12-15/h5-12,14H,4,19H2,1-3H3,(H,20,22). The van der Waals surface area contributed by atoms with Crippen molar-refractivity contribution < 1.29 is 4.79 Å². The molecular weight excluding hydrogens is 274 g/mol. The fourth-order valence-electron chi connectivity index (χ4n) is 2.41. The molecule has 0 saturated carbocycles. The largest absolute Gasteiger partial charge is 0.398 e. The molecule has 0 aliphatic rings. The van der Waals surface area contributed by atoms with Crippen LogP contribution < -0.4 is 16.0 Å². The average molecular weight is 297 g/mol. The molecule has 0 aliphatic carbocycles. The zero-order valence-corrected chi connectivity index (χ0v) is 13.3. The van der Waals surface area contributed by atoms with E-state index in [1.54, 1.807) is 6.07 Å². The first kappa shape index (κ1) is 15.9. The lowest BCUT2D eigenvalue weighted by Crippen LogP contribution is -2.42. The SMILES string of the molecule is CCN(c1ccccc1)C(C)C(=O)Nc1ccc(C)c(N)c1. The van der Waals surface area contributed by atoms with Gasteiger partial charge in [0, 0.05) is 23.6 Å². The predicted molar refractivity (Wildman–Crippen MR) is 93.1 cm³/mol. The van der Waals surface area contributed by atoms with E-state index in [0.717, 1.165) is 23.5 Å². The van der Waals surface area contributed by atoms with Crippen LogP contribution in [-0.4, -0.2) is 18.5 Å². The topological polar surface area (TPSA) is 58.4 Å². The van der Waals surface area contributed by atoms with Crippen molar-refractivity contribution >= 4 is 23.0 Å². The second-order valence-electron chi connectivity index (χ2n) is 5.36. The summed E-state index contributed by atoms with van der Waals surface area (Å²) in [6.07, 6.45) is 0. The first-order chi connectivity index (χ1) is 10.5. The first-order valence-corrected chi connectivity index (χ1v) is 7.51. The zero-order valence-electron chi connectivity index (χ0n) is 13.3. The van der Waals surface area contributed by atoms with Gasteiger partial charge in [0.25, 0.3) is 0 Å². The van der Waals surface area contributed by atoms with Crippen molar-refractivity contribution in [2.75, 3.05) is 22.5 Å². The number of amides is 1. The summed E-state index contributed by atoms with van der Waals surface area (Å²) in [5, 5.41) is 2.93. The Morgan fingerprint density at radius 3 is 2.50 bits per heavy atom. The van der Waals surface area contributed by atoms with E-state index in [2.05, 4.69) is 10.2 Å². The third kappa shape index (κ3) is 3.58. The van der Waals surface area contributed by atoms with E-state index in [1.165, 1.54) is 0 Å². The van der Waals surface area contributed by atoms with Gasteiger partial charge in [-0.3, -0.25) is 4.79 Å². The number of aryl methyl sites for hydroxylation is 1. The number of anilines is 3. The minimum Gasteiger partial charge on any atom is -0.398 e. The normalized spacial score (nSPS) is 11.8. The van der Waals surface area contributed by atoms with E-state index in [9.17, 15) is 4.79 Å². The molecule has 2 aromatic carbocycles. The van der Waals surface area contributed by atoms with Gasteiger partial charge in [-0.05, 0) is 50.6 Å². The van der Waals surface area contributed by atoms with Crippen LogP contribution in [0.4, 0.5) is 17.1 Å². The summed E-state index contributed by atoms with van der Waals surface area (Å²) < 4.78 is 0. The third-order valence-corrected chi connectivity index (χ3v) is 3.82. The monoisotopic (exact) mass is 297 g/mol. The summed E-state index contributed by atoms with van der Waals surface area (Å²) in [7, 11) is 0. The molecule has 0 aromatic heterocycles. The Bertz CT molecular complexity index is 640. The number of hydrogen-bond donors (Lipinski definition) is 2. The summed E-state index contributed by atoms with van der Waals surface area (Å²) in [4.78, 5) is 14.6. The summed E-state index contributed by atoms with van der Waals surface area (Å²) in [6, 6.07) is 15.2. The number of carbonyl (C=O) groups excluding carboxylic acids is 1. The van der Waals surface area contributed by atoms with Crippen LogP contribution in [-0.2, 0) is 4.79 Å². The molecule has 0 bridgehead atoms. The highest BCUT2D eigenvalue weighted by atomic mass is 16.2. The second kappa shape index (κ2) is 6.98. The predicted octanol–water partition coefficient (Wildman–Crippen LogP) is 3.43. The lowest BCUT2D eigenvalue weighted by Gasteiger charge is -2.29. The molecule has 0 heterocycles. The van der Waals surface area contributed by atoms with Gasteiger partial charge >= 0.3 is 0 Å². The number of nitrogens with one attached hydrogen (secondary N) is 1. The molecule has 0 aliphatic heterocycles. The molecule has 2 rings (SSSR count). The van der Waals surface area contributed by atoms with Gasteiger partial charge in [0.15, 0.2) is 0 Å². The van der Waals surface area contributed by atoms with Gasteiger partial charge < -0.3 is 16.0 Å². The first-order valence-electron chi connectivity index (χ1n) is 7.51. The van der Waals surface area contributed by atoms with Gasteiger partial charge in [0.2, 0.25) is 5.91 Å². The second-order valence-corrected chi connectivity index (χ2v) is 5.36. The average Bonchev–Trinajstić information content (AvgIpc) is 2.52. The minimum absolute atomic E-state index is 0.0473. The van der Waals surface area contributed by atoms with Crippen molar-refractivity contribution in [3.05, 3.63) is 54.1 Å². The van der Waals surface area contributed by atoms with Crippen molar-refractivity contribution in [2.45, 2.75) is 26.8 Å². The highest BCUT2D eigenvalue weighted by Crippen LogP contribution is 2.19. The quantitative estimate of drug-likeness (QED) is 0.831. The van der Waals surface area contributed by atoms with Crippen LogP contribution in [0.15, 0.2) is 48.5 Å². The highest BCUT2D eigenvalue weighted by molar-refractivity contribution is 5.97. The molecule has 1 unspecified atom stereocenters. The van der Waals surface area contributed by atoms with Crippen LogP contribution in [0.1, 0.15) is 19.4 Å². The van der Waals surface area contributed by atoms with Crippen LogP contribution in [0.3, 0.4) is 0 Å². The van der Waals surface area contributed by atoms with E-state index in [1.807, 2.05) is 63.2 Å². The maximum atomic E-state index is 12.5. The van der Waals surface area contributed by atoms with E-state index in [4.69, 9.17) is 5.73 Å². The van der Waals surface area contributed by atoms with Crippen LogP contribution in [0.2, 0.25) is 0 Å². The van der Waals surface area contributed by atoms with Crippen molar-refractivity contribution in [1.29, 1.82) is 0 Å². The zero-order chi connectivity index (χ0) is 16.1. The third-order valence-electron chi connectivity index (χ3n) is 3.82. The molecule has 22 heavy (non-hydrogen) atoms. The smallest absolute Gasteiger partial charge is 0.246 e. The molecule has 4 heteroatoms. The van der Waals surface area contributed by atoms with Crippen molar-refractivity contribution in [2.24, 2.45) is 0 Å². The number of benzene rings is 2. The van der Waals surface area contributed by atoms with E-state index in [0.29, 0.717) is 5.69 Å². The number of para-hydroxylation sites is 1. The molecule has 116 valence electrons. The highest BCUT2D eigenvalue weighted by Gasteiger charge is 2.20. The van der Waals surface area contributed by atoms with Crippen molar-refractivity contribution in [3.8, 4) is 0 Å². The van der Waals surface area contributed by atoms with E-state index < -0.39 is 0 Å². The Balaban J connectivity index is 2.12. The summed E-state index contributed by atoms with van der Waals surface area (Å²) in [5.74, 6) is -0.0473. The van der Waals surface area contributed by atoms with Gasteiger partial charge in [0.1, 0.15) is 6.04 Å². The molecular formula is C18H23N3O. The van der Waals surface area contributed by atoms with Crippen LogP contribution >= 0.6 is 0 Å². The Labute approximate surface area is 131 Å². The number of nitrogen functional groups attached to an aromatic ring is 1. The van der Waals surface area contributed by atoms with Gasteiger partial charge in [0.05, 0.1) is 0 Å². The number of rotatable bonds is 5. The lowest BCUT2D eigenvalue weighted by atomic mass is 10.1. The number of nitrogens with two attached hydrogens (primary N) is 1. The number of hydrogen-bond acceptors (Lipinski definition) is 3. The number of likely N-dealkylation sites (N-methyl/N-ethyl adjacent to an activating group) is 1. The van der Waals surface area contributed by atoms with Crippen LogP contribution in [0.25, 0.3) is 0 Å². The van der Waals surface area contributed by atoms with Gasteiger partial charge in [-0.2, -0.15) is 0 Å². The molecule has 3 N–H and O–H groups in total. The number of carbonyl (C=O) groups is 1. The van der Waals surface area contributed by atoms with Crippen molar-refractivity contribution in [3.63, 3.8) is 0 Å². The Kier molecular flexibility index (Phi) is 5.04. The molecule has 1 amide bonds. The number of nitrogens with zero attached hydrogens (tertiary/aromatic N) is 1. The maximum Gasteiger partial charge on any atom is 0.246 e. The molecule has 0 fully saturated rings. The van der Waals surface area contributed by atoms with Gasteiger partial charge in [-0.15, -0.1) is 0 Å². The fraction of sp³-hybridized carbons (Fsp3) is 0.278. The summed E-state index contributed by atoms with van der Waals surface area (Å²) >= 11 is 0. The molecule has 4 nitrogen and oxygen atoms in total. The summed E-state index contributed by atoms with van der Waals surface area (Å²) in [5.41, 5.74) is 9.34. The van der Waals surface area contributed by atoms with Crippen molar-refractivity contribution in [1.82, 2.24) is 0 Å². The molecule has 1 atom stereocenters. The van der Waals surface area contributed by atoms with Gasteiger partial charge in [-0.25, -0.2) is 0 Å². The molecule has 0 saturated heterocycles. The summed E-state index contributed by atoms with van der Waals surface area (Å²) in [6.45, 7) is 6.65. The Morgan fingerprint density at radius 2 is 1.91 bits per heavy atom.